The van der Waals surface area contributed by atoms with Crippen LogP contribution in [0.25, 0.3) is 0 Å². The molecule has 0 radical (unpaired) electrons. The smallest absolute Gasteiger partial charge is 0.325 e. The zero-order valence-corrected chi connectivity index (χ0v) is 10.6. The van der Waals surface area contributed by atoms with Gasteiger partial charge in [-0.2, -0.15) is 0 Å². The monoisotopic (exact) mass is 250 g/mol. The number of aliphatic carboxylic acids is 1. The lowest BCUT2D eigenvalue weighted by molar-refractivity contribution is -0.138. The molecule has 0 heterocycles. The van der Waals surface area contributed by atoms with Crippen molar-refractivity contribution < 1.29 is 14.7 Å². The average Bonchev–Trinajstić information content (AvgIpc) is 2.31. The van der Waals surface area contributed by atoms with Crippen LogP contribution in [-0.4, -0.2) is 23.1 Å². The SMILES string of the molecule is CCCc1ccccc1NC(=O)N[C@H](C)C(=O)O. The molecule has 0 aliphatic carbocycles. The minimum Gasteiger partial charge on any atom is -0.480 e. The first-order valence-electron chi connectivity index (χ1n) is 5.92. The van der Waals surface area contributed by atoms with Crippen molar-refractivity contribution in [2.45, 2.75) is 32.7 Å². The lowest BCUT2D eigenvalue weighted by Gasteiger charge is -2.13. The Balaban J connectivity index is 2.66. The normalized spacial score (nSPS) is 11.7. The van der Waals surface area contributed by atoms with Crippen molar-refractivity contribution in [3.8, 4) is 0 Å². The summed E-state index contributed by atoms with van der Waals surface area (Å²) >= 11 is 0. The lowest BCUT2D eigenvalue weighted by Crippen LogP contribution is -2.41. The summed E-state index contributed by atoms with van der Waals surface area (Å²) in [6.45, 7) is 3.48. The molecule has 5 nitrogen and oxygen atoms in total. The molecule has 1 aromatic rings. The van der Waals surface area contributed by atoms with Gasteiger partial charge in [-0.25, -0.2) is 4.79 Å². The number of anilines is 1. The molecule has 2 amide bonds. The summed E-state index contributed by atoms with van der Waals surface area (Å²) in [6, 6.07) is 6.07. The molecular weight excluding hydrogens is 232 g/mol. The number of hydrogen-bond donors (Lipinski definition) is 3. The molecule has 0 bridgehead atoms. The van der Waals surface area contributed by atoms with Crippen molar-refractivity contribution in [2.24, 2.45) is 0 Å². The number of urea groups is 1. The molecule has 98 valence electrons. The van der Waals surface area contributed by atoms with Gasteiger partial charge in [0.25, 0.3) is 0 Å². The van der Waals surface area contributed by atoms with Gasteiger partial charge in [-0.3, -0.25) is 4.79 Å². The number of carbonyl (C=O) groups is 2. The van der Waals surface area contributed by atoms with Crippen LogP contribution in [-0.2, 0) is 11.2 Å². The van der Waals surface area contributed by atoms with Crippen molar-refractivity contribution in [2.75, 3.05) is 5.32 Å². The van der Waals surface area contributed by atoms with Crippen molar-refractivity contribution in [3.05, 3.63) is 29.8 Å². The van der Waals surface area contributed by atoms with Gasteiger partial charge < -0.3 is 15.7 Å². The number of para-hydroxylation sites is 1. The summed E-state index contributed by atoms with van der Waals surface area (Å²) in [5.74, 6) is -1.06. The zero-order chi connectivity index (χ0) is 13.5. The van der Waals surface area contributed by atoms with Crippen LogP contribution in [0, 0.1) is 0 Å². The Hall–Kier alpha value is -2.04. The topological polar surface area (TPSA) is 78.4 Å². The number of aryl methyl sites for hydroxylation is 1. The van der Waals surface area contributed by atoms with E-state index in [1.54, 1.807) is 6.07 Å². The van der Waals surface area contributed by atoms with Crippen LogP contribution in [0.5, 0.6) is 0 Å². The second-order valence-electron chi connectivity index (χ2n) is 4.07. The summed E-state index contributed by atoms with van der Waals surface area (Å²) in [7, 11) is 0. The molecule has 0 aliphatic heterocycles. The average molecular weight is 250 g/mol. The van der Waals surface area contributed by atoms with E-state index in [1.807, 2.05) is 18.2 Å². The fraction of sp³-hybridized carbons (Fsp3) is 0.385. The van der Waals surface area contributed by atoms with Gasteiger partial charge >= 0.3 is 12.0 Å². The Morgan fingerprint density at radius 1 is 1.33 bits per heavy atom. The maximum atomic E-state index is 11.6. The number of carboxylic acids is 1. The van der Waals surface area contributed by atoms with E-state index in [-0.39, 0.29) is 0 Å². The van der Waals surface area contributed by atoms with Crippen molar-refractivity contribution >= 4 is 17.7 Å². The number of benzene rings is 1. The van der Waals surface area contributed by atoms with Crippen LogP contribution in [0.1, 0.15) is 25.8 Å². The van der Waals surface area contributed by atoms with E-state index in [0.29, 0.717) is 0 Å². The van der Waals surface area contributed by atoms with E-state index >= 15 is 0 Å². The predicted molar refractivity (Wildman–Crippen MR) is 69.7 cm³/mol. The summed E-state index contributed by atoms with van der Waals surface area (Å²) in [6.07, 6.45) is 1.84. The van der Waals surface area contributed by atoms with Gasteiger partial charge in [0.15, 0.2) is 0 Å². The largest absolute Gasteiger partial charge is 0.480 e. The zero-order valence-electron chi connectivity index (χ0n) is 10.6. The second kappa shape index (κ2) is 6.64. The molecule has 1 aromatic carbocycles. The van der Waals surface area contributed by atoms with Gasteiger partial charge in [0, 0.05) is 5.69 Å². The third-order valence-electron chi connectivity index (χ3n) is 2.50. The molecular formula is C13H18N2O3. The molecule has 1 rings (SSSR count). The lowest BCUT2D eigenvalue weighted by atomic mass is 10.1. The van der Waals surface area contributed by atoms with E-state index in [0.717, 1.165) is 24.1 Å². The van der Waals surface area contributed by atoms with Gasteiger partial charge in [-0.1, -0.05) is 31.5 Å². The molecule has 0 aromatic heterocycles. The molecule has 1 atom stereocenters. The van der Waals surface area contributed by atoms with Crippen LogP contribution < -0.4 is 10.6 Å². The van der Waals surface area contributed by atoms with Crippen molar-refractivity contribution in [1.29, 1.82) is 0 Å². The van der Waals surface area contributed by atoms with E-state index in [2.05, 4.69) is 17.6 Å². The van der Waals surface area contributed by atoms with Crippen LogP contribution in [0.2, 0.25) is 0 Å². The first-order valence-corrected chi connectivity index (χ1v) is 5.92. The standard InChI is InChI=1S/C13H18N2O3/c1-3-6-10-7-4-5-8-11(10)15-13(18)14-9(2)12(16)17/h4-5,7-9H,3,6H2,1-2H3,(H,16,17)(H2,14,15,18)/t9-/m1/s1. The van der Waals surface area contributed by atoms with Crippen LogP contribution in [0.4, 0.5) is 10.5 Å². The van der Waals surface area contributed by atoms with Crippen molar-refractivity contribution in [3.63, 3.8) is 0 Å². The maximum absolute atomic E-state index is 11.6. The third kappa shape index (κ3) is 4.08. The summed E-state index contributed by atoms with van der Waals surface area (Å²) in [5, 5.41) is 13.7. The number of rotatable bonds is 5. The first kappa shape index (κ1) is 14.0. The fourth-order valence-corrected chi connectivity index (χ4v) is 1.55. The van der Waals surface area contributed by atoms with E-state index in [9.17, 15) is 9.59 Å². The fourth-order valence-electron chi connectivity index (χ4n) is 1.55. The molecule has 0 saturated heterocycles. The summed E-state index contributed by atoms with van der Waals surface area (Å²) in [5.41, 5.74) is 1.76. The Kier molecular flexibility index (Phi) is 5.17. The van der Waals surface area contributed by atoms with E-state index in [1.165, 1.54) is 6.92 Å². The van der Waals surface area contributed by atoms with Gasteiger partial charge in [-0.15, -0.1) is 0 Å². The predicted octanol–water partition coefficient (Wildman–Crippen LogP) is 2.23. The molecule has 0 saturated carbocycles. The highest BCUT2D eigenvalue weighted by molar-refractivity contribution is 5.92. The Morgan fingerprint density at radius 3 is 2.61 bits per heavy atom. The van der Waals surface area contributed by atoms with Crippen LogP contribution >= 0.6 is 0 Å². The van der Waals surface area contributed by atoms with Crippen LogP contribution in [0.3, 0.4) is 0 Å². The minimum atomic E-state index is -1.06. The number of carbonyl (C=O) groups excluding carboxylic acids is 1. The van der Waals surface area contributed by atoms with Gasteiger partial charge in [0.05, 0.1) is 0 Å². The number of carboxylic acid groups (broad SMARTS) is 1. The highest BCUT2D eigenvalue weighted by Gasteiger charge is 2.14. The van der Waals surface area contributed by atoms with Gasteiger partial charge in [0.1, 0.15) is 6.04 Å². The van der Waals surface area contributed by atoms with E-state index < -0.39 is 18.0 Å². The van der Waals surface area contributed by atoms with Crippen LogP contribution in [0.15, 0.2) is 24.3 Å². The Bertz CT molecular complexity index is 432. The van der Waals surface area contributed by atoms with Gasteiger partial charge in [-0.05, 0) is 25.0 Å². The minimum absolute atomic E-state index is 0.506. The molecule has 3 N–H and O–H groups in total. The molecule has 0 fully saturated rings. The molecule has 5 heteroatoms. The first-order chi connectivity index (χ1) is 8.54. The molecule has 0 unspecified atom stereocenters. The summed E-state index contributed by atoms with van der Waals surface area (Å²) in [4.78, 5) is 22.2. The third-order valence-corrected chi connectivity index (χ3v) is 2.50. The van der Waals surface area contributed by atoms with Gasteiger partial charge in [0.2, 0.25) is 0 Å². The highest BCUT2D eigenvalue weighted by Crippen LogP contribution is 2.16. The number of hydrogen-bond acceptors (Lipinski definition) is 2. The highest BCUT2D eigenvalue weighted by atomic mass is 16.4. The summed E-state index contributed by atoms with van der Waals surface area (Å²) < 4.78 is 0. The Labute approximate surface area is 106 Å². The number of nitrogens with one attached hydrogen (secondary N) is 2. The number of amides is 2. The van der Waals surface area contributed by atoms with E-state index in [4.69, 9.17) is 5.11 Å². The molecule has 18 heavy (non-hydrogen) atoms. The second-order valence-corrected chi connectivity index (χ2v) is 4.07. The molecule has 0 spiro atoms. The maximum Gasteiger partial charge on any atom is 0.325 e. The van der Waals surface area contributed by atoms with Crippen molar-refractivity contribution in [1.82, 2.24) is 5.32 Å². The Morgan fingerprint density at radius 2 is 2.00 bits per heavy atom. The quantitative estimate of drug-likeness (QED) is 0.749. The molecule has 0 aliphatic rings.